The van der Waals surface area contributed by atoms with Crippen LogP contribution in [0, 0.1) is 6.92 Å². The fourth-order valence-corrected chi connectivity index (χ4v) is 2.01. The van der Waals surface area contributed by atoms with Crippen LogP contribution in [-0.2, 0) is 16.0 Å². The lowest BCUT2D eigenvalue weighted by Crippen LogP contribution is -2.47. The van der Waals surface area contributed by atoms with Crippen molar-refractivity contribution >= 4 is 5.91 Å². The highest BCUT2D eigenvalue weighted by Gasteiger charge is 2.39. The fourth-order valence-electron chi connectivity index (χ4n) is 2.01. The summed E-state index contributed by atoms with van der Waals surface area (Å²) in [6, 6.07) is 0. The Balaban J connectivity index is 1.73. The van der Waals surface area contributed by atoms with E-state index in [9.17, 15) is 9.90 Å². The first-order valence-corrected chi connectivity index (χ1v) is 6.39. The second kappa shape index (κ2) is 5.66. The number of aliphatic hydroxyl groups is 1. The summed E-state index contributed by atoms with van der Waals surface area (Å²) >= 11 is 0. The zero-order valence-corrected chi connectivity index (χ0v) is 11.2. The molecule has 0 bridgehead atoms. The molecule has 1 aromatic heterocycles. The number of carbonyl (C=O) groups is 1. The van der Waals surface area contributed by atoms with Crippen LogP contribution in [0.15, 0.2) is 4.52 Å². The molecule has 2 heterocycles. The lowest BCUT2D eigenvalue weighted by Gasteiger charge is -2.26. The van der Waals surface area contributed by atoms with E-state index in [1.54, 1.807) is 13.8 Å². The van der Waals surface area contributed by atoms with Crippen LogP contribution in [0.3, 0.4) is 0 Å². The van der Waals surface area contributed by atoms with Crippen LogP contribution in [0.25, 0.3) is 0 Å². The van der Waals surface area contributed by atoms with E-state index >= 15 is 0 Å². The Morgan fingerprint density at radius 3 is 3.00 bits per heavy atom. The maximum Gasteiger partial charge on any atom is 0.227 e. The van der Waals surface area contributed by atoms with Crippen molar-refractivity contribution < 1.29 is 19.2 Å². The number of hydrogen-bond acceptors (Lipinski definition) is 6. The molecule has 2 unspecified atom stereocenters. The lowest BCUT2D eigenvalue weighted by atomic mass is 9.97. The number of ether oxygens (including phenoxy) is 1. The smallest absolute Gasteiger partial charge is 0.227 e. The minimum absolute atomic E-state index is 0.150. The Hall–Kier alpha value is -1.47. The van der Waals surface area contributed by atoms with E-state index in [4.69, 9.17) is 9.26 Å². The predicted molar refractivity (Wildman–Crippen MR) is 65.3 cm³/mol. The number of carbonyl (C=O) groups excluding carboxylic acids is 1. The second-order valence-electron chi connectivity index (χ2n) is 4.88. The summed E-state index contributed by atoms with van der Waals surface area (Å²) in [6.45, 7) is 4.26. The van der Waals surface area contributed by atoms with Gasteiger partial charge in [-0.25, -0.2) is 0 Å². The molecule has 1 aromatic rings. The molecule has 1 amide bonds. The van der Waals surface area contributed by atoms with Crippen molar-refractivity contribution in [2.24, 2.45) is 0 Å². The lowest BCUT2D eigenvalue weighted by molar-refractivity contribution is -0.123. The number of nitrogens with one attached hydrogen (secondary N) is 1. The molecule has 2 atom stereocenters. The summed E-state index contributed by atoms with van der Waals surface area (Å²) < 4.78 is 10.2. The molecule has 0 aromatic carbocycles. The van der Waals surface area contributed by atoms with Gasteiger partial charge in [0.15, 0.2) is 5.82 Å². The number of aryl methyl sites for hydroxylation is 2. The van der Waals surface area contributed by atoms with E-state index in [0.717, 1.165) is 0 Å². The van der Waals surface area contributed by atoms with E-state index in [-0.39, 0.29) is 25.0 Å². The largest absolute Gasteiger partial charge is 0.385 e. The van der Waals surface area contributed by atoms with E-state index in [2.05, 4.69) is 15.5 Å². The van der Waals surface area contributed by atoms with Gasteiger partial charge in [0.25, 0.3) is 0 Å². The standard InChI is InChI=1S/C12H19N3O4/c1-8-12(17,5-6-18-8)7-13-10(16)3-4-11-14-9(2)15-19-11/h8,17H,3-7H2,1-2H3,(H,13,16). The van der Waals surface area contributed by atoms with Crippen molar-refractivity contribution in [2.75, 3.05) is 13.2 Å². The van der Waals surface area contributed by atoms with E-state index in [0.29, 0.717) is 31.2 Å². The maximum absolute atomic E-state index is 11.7. The van der Waals surface area contributed by atoms with Crippen LogP contribution in [0.5, 0.6) is 0 Å². The fraction of sp³-hybridized carbons (Fsp3) is 0.750. The molecule has 7 nitrogen and oxygen atoms in total. The van der Waals surface area contributed by atoms with Gasteiger partial charge in [-0.15, -0.1) is 0 Å². The third-order valence-corrected chi connectivity index (χ3v) is 3.39. The van der Waals surface area contributed by atoms with Gasteiger partial charge in [-0.3, -0.25) is 4.79 Å². The summed E-state index contributed by atoms with van der Waals surface area (Å²) in [4.78, 5) is 15.7. The van der Waals surface area contributed by atoms with Crippen LogP contribution in [0.2, 0.25) is 0 Å². The molecule has 7 heteroatoms. The molecule has 19 heavy (non-hydrogen) atoms. The van der Waals surface area contributed by atoms with Crippen LogP contribution >= 0.6 is 0 Å². The Morgan fingerprint density at radius 1 is 1.63 bits per heavy atom. The second-order valence-corrected chi connectivity index (χ2v) is 4.88. The van der Waals surface area contributed by atoms with Crippen LogP contribution in [-0.4, -0.2) is 46.0 Å². The summed E-state index contributed by atoms with van der Waals surface area (Å²) in [7, 11) is 0. The first-order valence-electron chi connectivity index (χ1n) is 6.39. The molecule has 0 radical (unpaired) electrons. The van der Waals surface area contributed by atoms with E-state index in [1.165, 1.54) is 0 Å². The number of amides is 1. The molecule has 1 aliphatic heterocycles. The van der Waals surface area contributed by atoms with Gasteiger partial charge in [-0.05, 0) is 13.8 Å². The van der Waals surface area contributed by atoms with Crippen molar-refractivity contribution in [1.82, 2.24) is 15.5 Å². The van der Waals surface area contributed by atoms with Crippen LogP contribution in [0.1, 0.15) is 31.5 Å². The predicted octanol–water partition coefficient (Wildman–Crippen LogP) is -0.0333. The Morgan fingerprint density at radius 2 is 2.42 bits per heavy atom. The van der Waals surface area contributed by atoms with E-state index in [1.807, 2.05) is 0 Å². The van der Waals surface area contributed by atoms with Gasteiger partial charge in [-0.2, -0.15) is 4.98 Å². The van der Waals surface area contributed by atoms with Gasteiger partial charge < -0.3 is 19.7 Å². The summed E-state index contributed by atoms with van der Waals surface area (Å²) in [6.07, 6.45) is 0.938. The highest BCUT2D eigenvalue weighted by Crippen LogP contribution is 2.24. The first-order chi connectivity index (χ1) is 8.99. The number of nitrogens with zero attached hydrogens (tertiary/aromatic N) is 2. The maximum atomic E-state index is 11.7. The normalized spacial score (nSPS) is 26.6. The Bertz CT molecular complexity index is 448. The van der Waals surface area contributed by atoms with Gasteiger partial charge >= 0.3 is 0 Å². The molecule has 2 N–H and O–H groups in total. The summed E-state index contributed by atoms with van der Waals surface area (Å²) in [5.41, 5.74) is -0.962. The van der Waals surface area contributed by atoms with Gasteiger partial charge in [0.1, 0.15) is 5.60 Å². The molecule has 106 valence electrons. The molecule has 0 aliphatic carbocycles. The third-order valence-electron chi connectivity index (χ3n) is 3.39. The average Bonchev–Trinajstić information content (AvgIpc) is 2.92. The highest BCUT2D eigenvalue weighted by molar-refractivity contribution is 5.76. The van der Waals surface area contributed by atoms with Gasteiger partial charge in [0.05, 0.1) is 6.10 Å². The van der Waals surface area contributed by atoms with Crippen molar-refractivity contribution in [1.29, 1.82) is 0 Å². The molecule has 1 saturated heterocycles. The molecule has 0 spiro atoms. The van der Waals surface area contributed by atoms with Gasteiger partial charge in [0.2, 0.25) is 11.8 Å². The summed E-state index contributed by atoms with van der Waals surface area (Å²) in [5.74, 6) is 0.856. The zero-order chi connectivity index (χ0) is 13.9. The van der Waals surface area contributed by atoms with Crippen molar-refractivity contribution in [3.63, 3.8) is 0 Å². The quantitative estimate of drug-likeness (QED) is 0.779. The van der Waals surface area contributed by atoms with Crippen molar-refractivity contribution in [3.05, 3.63) is 11.7 Å². The SMILES string of the molecule is Cc1noc(CCC(=O)NCC2(O)CCOC2C)n1. The Labute approximate surface area is 111 Å². The number of rotatable bonds is 5. The topological polar surface area (TPSA) is 97.5 Å². The number of hydrogen-bond donors (Lipinski definition) is 2. The zero-order valence-electron chi connectivity index (χ0n) is 11.2. The molecular weight excluding hydrogens is 250 g/mol. The molecule has 1 fully saturated rings. The van der Waals surface area contributed by atoms with Crippen LogP contribution < -0.4 is 5.32 Å². The van der Waals surface area contributed by atoms with Gasteiger partial charge in [0, 0.05) is 32.4 Å². The first kappa shape index (κ1) is 14.0. The Kier molecular flexibility index (Phi) is 4.16. The van der Waals surface area contributed by atoms with Crippen LogP contribution in [0.4, 0.5) is 0 Å². The van der Waals surface area contributed by atoms with Gasteiger partial charge in [-0.1, -0.05) is 5.16 Å². The molecule has 2 rings (SSSR count). The average molecular weight is 269 g/mol. The number of aromatic nitrogens is 2. The highest BCUT2D eigenvalue weighted by atomic mass is 16.5. The monoisotopic (exact) mass is 269 g/mol. The summed E-state index contributed by atoms with van der Waals surface area (Å²) in [5, 5.41) is 16.6. The third kappa shape index (κ3) is 3.51. The minimum atomic E-state index is -0.962. The van der Waals surface area contributed by atoms with E-state index < -0.39 is 5.60 Å². The molecular formula is C12H19N3O4. The molecule has 1 aliphatic rings. The minimum Gasteiger partial charge on any atom is -0.385 e. The van der Waals surface area contributed by atoms with Crippen molar-refractivity contribution in [3.8, 4) is 0 Å². The van der Waals surface area contributed by atoms with Crippen molar-refractivity contribution in [2.45, 2.75) is 44.8 Å². The molecule has 0 saturated carbocycles.